The maximum atomic E-state index is 10.6. The van der Waals surface area contributed by atoms with Crippen LogP contribution in [-0.2, 0) is 14.3 Å². The maximum absolute atomic E-state index is 10.6. The monoisotopic (exact) mass is 209 g/mol. The minimum absolute atomic E-state index is 0.0796. The molecule has 6 nitrogen and oxygen atoms in total. The molecule has 1 rings (SSSR count). The number of carbonyl (C=O) groups excluding carboxylic acids is 2. The summed E-state index contributed by atoms with van der Waals surface area (Å²) in [6.45, 7) is 2.13. The van der Waals surface area contributed by atoms with Gasteiger partial charge in [-0.1, -0.05) is 0 Å². The molecule has 0 unspecified atom stereocenters. The van der Waals surface area contributed by atoms with Crippen LogP contribution in [-0.4, -0.2) is 43.9 Å². The number of morpholine rings is 1. The molecule has 0 aromatic carbocycles. The molecule has 1 aliphatic heterocycles. The standard InChI is InChI=1S/C9H11N3O3/c10-5-8(6-13)9(11-7-14)12-1-3-15-4-2-12/h6-7H,1-4H2,(H,11,14)/b9-8+. The fourth-order valence-corrected chi connectivity index (χ4v) is 1.32. The van der Waals surface area contributed by atoms with Gasteiger partial charge in [-0.05, 0) is 0 Å². The molecule has 6 heteroatoms. The molecular formula is C9H11N3O3. The number of carbonyl (C=O) groups is 2. The van der Waals surface area contributed by atoms with Crippen molar-refractivity contribution in [3.05, 3.63) is 11.4 Å². The zero-order valence-electron chi connectivity index (χ0n) is 8.10. The number of hydrogen-bond donors (Lipinski definition) is 1. The van der Waals surface area contributed by atoms with Gasteiger partial charge < -0.3 is 15.0 Å². The molecule has 0 atom stereocenters. The molecule has 1 saturated heterocycles. The molecule has 0 saturated carbocycles. The third kappa shape index (κ3) is 2.79. The second kappa shape index (κ2) is 5.78. The van der Waals surface area contributed by atoms with Crippen molar-refractivity contribution in [2.24, 2.45) is 0 Å². The van der Waals surface area contributed by atoms with Crippen molar-refractivity contribution >= 4 is 12.7 Å². The summed E-state index contributed by atoms with van der Waals surface area (Å²) >= 11 is 0. The lowest BCUT2D eigenvalue weighted by atomic mass is 10.3. The number of ether oxygens (including phenoxy) is 1. The largest absolute Gasteiger partial charge is 0.378 e. The Labute approximate surface area is 87.1 Å². The Kier molecular flexibility index (Phi) is 4.31. The van der Waals surface area contributed by atoms with E-state index in [0.29, 0.717) is 39.0 Å². The molecule has 1 fully saturated rings. The van der Waals surface area contributed by atoms with Gasteiger partial charge in [-0.3, -0.25) is 9.59 Å². The van der Waals surface area contributed by atoms with Gasteiger partial charge in [0.15, 0.2) is 6.29 Å². The SMILES string of the molecule is N#C/C(C=O)=C(/NC=O)N1CCOCC1. The number of allylic oxidation sites excluding steroid dienone is 1. The fourth-order valence-electron chi connectivity index (χ4n) is 1.32. The van der Waals surface area contributed by atoms with E-state index in [0.717, 1.165) is 0 Å². The zero-order valence-corrected chi connectivity index (χ0v) is 8.10. The van der Waals surface area contributed by atoms with E-state index < -0.39 is 0 Å². The minimum Gasteiger partial charge on any atom is -0.378 e. The normalized spacial score (nSPS) is 17.4. The van der Waals surface area contributed by atoms with Crippen molar-refractivity contribution in [3.63, 3.8) is 0 Å². The summed E-state index contributed by atoms with van der Waals surface area (Å²) < 4.78 is 5.12. The van der Waals surface area contributed by atoms with Crippen LogP contribution in [0.3, 0.4) is 0 Å². The molecule has 0 aromatic heterocycles. The molecule has 80 valence electrons. The van der Waals surface area contributed by atoms with Crippen LogP contribution in [0.1, 0.15) is 0 Å². The molecule has 1 aliphatic rings. The molecule has 1 heterocycles. The number of rotatable bonds is 4. The highest BCUT2D eigenvalue weighted by atomic mass is 16.5. The lowest BCUT2D eigenvalue weighted by Gasteiger charge is -2.30. The molecule has 1 amide bonds. The van der Waals surface area contributed by atoms with Crippen LogP contribution in [0.25, 0.3) is 0 Å². The van der Waals surface area contributed by atoms with Gasteiger partial charge in [0.1, 0.15) is 17.5 Å². The van der Waals surface area contributed by atoms with Gasteiger partial charge in [-0.15, -0.1) is 0 Å². The zero-order chi connectivity index (χ0) is 11.1. The number of hydrogen-bond acceptors (Lipinski definition) is 5. The molecule has 0 aliphatic carbocycles. The first-order chi connectivity index (χ1) is 7.33. The highest BCUT2D eigenvalue weighted by molar-refractivity contribution is 5.80. The number of nitriles is 1. The lowest BCUT2D eigenvalue weighted by Crippen LogP contribution is -2.40. The Bertz CT molecular complexity index is 313. The lowest BCUT2D eigenvalue weighted by molar-refractivity contribution is -0.109. The highest BCUT2D eigenvalue weighted by Crippen LogP contribution is 2.08. The third-order valence-electron chi connectivity index (χ3n) is 2.02. The van der Waals surface area contributed by atoms with Gasteiger partial charge in [0.05, 0.1) is 13.2 Å². The van der Waals surface area contributed by atoms with Crippen LogP contribution in [0.15, 0.2) is 11.4 Å². The van der Waals surface area contributed by atoms with E-state index in [4.69, 9.17) is 10.00 Å². The predicted molar refractivity (Wildman–Crippen MR) is 50.3 cm³/mol. The van der Waals surface area contributed by atoms with Crippen molar-refractivity contribution in [1.29, 1.82) is 5.26 Å². The number of aldehydes is 1. The second-order valence-corrected chi connectivity index (χ2v) is 2.85. The van der Waals surface area contributed by atoms with Crippen LogP contribution < -0.4 is 5.32 Å². The minimum atomic E-state index is -0.0796. The topological polar surface area (TPSA) is 82.4 Å². The van der Waals surface area contributed by atoms with E-state index in [1.54, 1.807) is 11.0 Å². The smallest absolute Gasteiger partial charge is 0.212 e. The van der Waals surface area contributed by atoms with Gasteiger partial charge in [-0.25, -0.2) is 0 Å². The Morgan fingerprint density at radius 3 is 2.53 bits per heavy atom. The van der Waals surface area contributed by atoms with Crippen LogP contribution in [0.4, 0.5) is 0 Å². The predicted octanol–water partition coefficient (Wildman–Crippen LogP) is -1.00. The van der Waals surface area contributed by atoms with Crippen LogP contribution in [0.2, 0.25) is 0 Å². The molecule has 0 aromatic rings. The summed E-state index contributed by atoms with van der Waals surface area (Å²) in [5.41, 5.74) is -0.0796. The maximum Gasteiger partial charge on any atom is 0.212 e. The van der Waals surface area contributed by atoms with Crippen molar-refractivity contribution in [1.82, 2.24) is 10.2 Å². The summed E-state index contributed by atoms with van der Waals surface area (Å²) in [6, 6.07) is 1.74. The van der Waals surface area contributed by atoms with Gasteiger partial charge >= 0.3 is 0 Å². The molecule has 0 bridgehead atoms. The first kappa shape index (κ1) is 11.2. The van der Waals surface area contributed by atoms with Gasteiger partial charge in [0, 0.05) is 13.1 Å². The summed E-state index contributed by atoms with van der Waals surface area (Å²) in [5, 5.41) is 11.1. The van der Waals surface area contributed by atoms with Gasteiger partial charge in [-0.2, -0.15) is 5.26 Å². The first-order valence-electron chi connectivity index (χ1n) is 4.46. The first-order valence-corrected chi connectivity index (χ1v) is 4.46. The third-order valence-corrected chi connectivity index (χ3v) is 2.02. The Hall–Kier alpha value is -1.87. The van der Waals surface area contributed by atoms with Crippen LogP contribution >= 0.6 is 0 Å². The van der Waals surface area contributed by atoms with E-state index in [2.05, 4.69) is 5.32 Å². The fraction of sp³-hybridized carbons (Fsp3) is 0.444. The molecule has 0 spiro atoms. The Balaban J connectivity index is 2.89. The van der Waals surface area contributed by atoms with Gasteiger partial charge in [0.25, 0.3) is 0 Å². The Morgan fingerprint density at radius 1 is 1.40 bits per heavy atom. The number of amides is 1. The summed E-state index contributed by atoms with van der Waals surface area (Å²) in [5.74, 6) is 0.255. The van der Waals surface area contributed by atoms with Crippen LogP contribution in [0.5, 0.6) is 0 Å². The molecule has 0 radical (unpaired) electrons. The average Bonchev–Trinajstić information content (AvgIpc) is 2.30. The van der Waals surface area contributed by atoms with Crippen LogP contribution in [0, 0.1) is 11.3 Å². The summed E-state index contributed by atoms with van der Waals surface area (Å²) in [6.07, 6.45) is 0.882. The van der Waals surface area contributed by atoms with E-state index >= 15 is 0 Å². The van der Waals surface area contributed by atoms with Gasteiger partial charge in [0.2, 0.25) is 6.41 Å². The summed E-state index contributed by atoms with van der Waals surface area (Å²) in [4.78, 5) is 22.7. The Morgan fingerprint density at radius 2 is 2.07 bits per heavy atom. The molecule has 15 heavy (non-hydrogen) atoms. The van der Waals surface area contributed by atoms with E-state index in [-0.39, 0.29) is 11.4 Å². The van der Waals surface area contributed by atoms with Crippen molar-refractivity contribution in [3.8, 4) is 6.07 Å². The second-order valence-electron chi connectivity index (χ2n) is 2.85. The number of nitrogens with zero attached hydrogens (tertiary/aromatic N) is 2. The van der Waals surface area contributed by atoms with E-state index in [1.807, 2.05) is 0 Å². The van der Waals surface area contributed by atoms with Crippen molar-refractivity contribution < 1.29 is 14.3 Å². The van der Waals surface area contributed by atoms with Crippen molar-refractivity contribution in [2.75, 3.05) is 26.3 Å². The molecular weight excluding hydrogens is 198 g/mol. The van der Waals surface area contributed by atoms with E-state index in [9.17, 15) is 9.59 Å². The van der Waals surface area contributed by atoms with Crippen molar-refractivity contribution in [2.45, 2.75) is 0 Å². The average molecular weight is 209 g/mol. The summed E-state index contributed by atoms with van der Waals surface area (Å²) in [7, 11) is 0. The highest BCUT2D eigenvalue weighted by Gasteiger charge is 2.17. The number of nitrogens with one attached hydrogen (secondary N) is 1. The quantitative estimate of drug-likeness (QED) is 0.365. The van der Waals surface area contributed by atoms with E-state index in [1.165, 1.54) is 0 Å². The molecule has 1 N–H and O–H groups in total.